The molecule has 0 saturated carbocycles. The van der Waals surface area contributed by atoms with E-state index in [2.05, 4.69) is 4.72 Å². The third kappa shape index (κ3) is 6.16. The topological polar surface area (TPSA) is 99.3 Å². The Hall–Kier alpha value is -2.17. The minimum Gasteiger partial charge on any atom is -0.497 e. The van der Waals surface area contributed by atoms with Crippen LogP contribution in [0.3, 0.4) is 0 Å². The fourth-order valence-electron chi connectivity index (χ4n) is 3.37. The molecule has 1 heterocycles. The van der Waals surface area contributed by atoms with E-state index in [9.17, 15) is 18.0 Å². The number of nitrogens with one attached hydrogen (secondary N) is 1. The number of amides is 2. The second-order valence-electron chi connectivity index (χ2n) is 7.19. The lowest BCUT2D eigenvalue weighted by atomic mass is 10.2. The number of rotatable bonds is 9. The summed E-state index contributed by atoms with van der Waals surface area (Å²) in [5.74, 6) is 0.359. The summed E-state index contributed by atoms with van der Waals surface area (Å²) >= 11 is 0. The summed E-state index contributed by atoms with van der Waals surface area (Å²) < 4.78 is 32.6. The van der Waals surface area contributed by atoms with Crippen LogP contribution < -0.4 is 9.46 Å². The molecule has 1 aromatic rings. The number of likely N-dealkylation sites (N-methyl/N-ethyl adjacent to an activating group) is 1. The van der Waals surface area contributed by atoms with Crippen molar-refractivity contribution in [2.45, 2.75) is 31.7 Å². The number of methoxy groups -OCH3 is 1. The molecule has 1 atom stereocenters. The molecule has 1 aliphatic rings. The average molecular weight is 441 g/mol. The van der Waals surface area contributed by atoms with Crippen molar-refractivity contribution >= 4 is 21.8 Å². The van der Waals surface area contributed by atoms with Gasteiger partial charge in [0.2, 0.25) is 21.8 Å². The molecule has 1 aromatic carbocycles. The van der Waals surface area contributed by atoms with Crippen LogP contribution in [0, 0.1) is 0 Å². The first-order valence-corrected chi connectivity index (χ1v) is 11.7. The van der Waals surface area contributed by atoms with E-state index in [1.54, 1.807) is 28.9 Å². The van der Waals surface area contributed by atoms with E-state index in [0.717, 1.165) is 0 Å². The zero-order valence-corrected chi connectivity index (χ0v) is 18.9. The van der Waals surface area contributed by atoms with Crippen molar-refractivity contribution in [3.05, 3.63) is 24.3 Å². The lowest BCUT2D eigenvalue weighted by molar-refractivity contribution is -0.135. The molecule has 10 heteroatoms. The van der Waals surface area contributed by atoms with E-state index in [1.807, 2.05) is 18.7 Å². The lowest BCUT2D eigenvalue weighted by Gasteiger charge is -2.36. The van der Waals surface area contributed by atoms with Crippen LogP contribution in [0.4, 0.5) is 0 Å². The summed E-state index contributed by atoms with van der Waals surface area (Å²) in [7, 11) is -2.32. The van der Waals surface area contributed by atoms with Gasteiger partial charge in [-0.15, -0.1) is 0 Å². The third-order valence-corrected chi connectivity index (χ3v) is 6.79. The second kappa shape index (κ2) is 10.7. The zero-order valence-electron chi connectivity index (χ0n) is 18.1. The van der Waals surface area contributed by atoms with Gasteiger partial charge in [-0.05, 0) is 45.0 Å². The first kappa shape index (κ1) is 24.1. The maximum atomic E-state index is 12.7. The Morgan fingerprint density at radius 3 is 2.17 bits per heavy atom. The van der Waals surface area contributed by atoms with Gasteiger partial charge in [-0.1, -0.05) is 0 Å². The molecule has 0 spiro atoms. The highest BCUT2D eigenvalue weighted by atomic mass is 32.2. The van der Waals surface area contributed by atoms with Crippen molar-refractivity contribution < 1.29 is 22.7 Å². The summed E-state index contributed by atoms with van der Waals surface area (Å²) in [6, 6.07) is 5.09. The van der Waals surface area contributed by atoms with E-state index >= 15 is 0 Å². The van der Waals surface area contributed by atoms with Crippen molar-refractivity contribution in [3.8, 4) is 5.75 Å². The molecule has 2 amide bonds. The van der Waals surface area contributed by atoms with Crippen molar-refractivity contribution in [1.29, 1.82) is 0 Å². The number of nitrogens with zero attached hydrogens (tertiary/aromatic N) is 3. The van der Waals surface area contributed by atoms with Crippen molar-refractivity contribution in [2.24, 2.45) is 0 Å². The van der Waals surface area contributed by atoms with Gasteiger partial charge in [0.05, 0.1) is 24.6 Å². The normalized spacial score (nSPS) is 16.2. The van der Waals surface area contributed by atoms with Gasteiger partial charge in [-0.25, -0.2) is 8.42 Å². The predicted octanol–water partition coefficient (Wildman–Crippen LogP) is 0.375. The monoisotopic (exact) mass is 440 g/mol. The summed E-state index contributed by atoms with van der Waals surface area (Å²) in [6.45, 7) is 9.21. The van der Waals surface area contributed by atoms with Gasteiger partial charge in [-0.3, -0.25) is 14.5 Å². The maximum absolute atomic E-state index is 12.7. The second-order valence-corrected chi connectivity index (χ2v) is 8.90. The van der Waals surface area contributed by atoms with Crippen LogP contribution in [-0.4, -0.2) is 93.9 Å². The van der Waals surface area contributed by atoms with Gasteiger partial charge in [0.25, 0.3) is 0 Å². The van der Waals surface area contributed by atoms with Gasteiger partial charge in [0.1, 0.15) is 5.75 Å². The van der Waals surface area contributed by atoms with Crippen LogP contribution in [0.15, 0.2) is 29.2 Å². The smallest absolute Gasteiger partial charge is 0.241 e. The molecule has 1 fully saturated rings. The van der Waals surface area contributed by atoms with Gasteiger partial charge in [0, 0.05) is 39.3 Å². The summed E-state index contributed by atoms with van der Waals surface area (Å²) in [5, 5.41) is 0. The molecular weight excluding hydrogens is 408 g/mol. The Morgan fingerprint density at radius 2 is 1.67 bits per heavy atom. The Labute approximate surface area is 179 Å². The van der Waals surface area contributed by atoms with Crippen LogP contribution in [0.5, 0.6) is 5.75 Å². The summed E-state index contributed by atoms with van der Waals surface area (Å²) in [5.41, 5.74) is 0. The highest BCUT2D eigenvalue weighted by Gasteiger charge is 2.29. The fraction of sp³-hybridized carbons (Fsp3) is 0.600. The molecule has 0 radical (unpaired) electrons. The summed E-state index contributed by atoms with van der Waals surface area (Å²) in [6.07, 6.45) is 0. The Morgan fingerprint density at radius 1 is 1.10 bits per heavy atom. The minimum atomic E-state index is -3.82. The highest BCUT2D eigenvalue weighted by molar-refractivity contribution is 7.89. The Kier molecular flexibility index (Phi) is 8.63. The number of hydrogen-bond acceptors (Lipinski definition) is 6. The number of sulfonamides is 1. The standard InChI is InChI=1S/C20H32N4O5S/c1-5-23(6-2)19(25)15-22-11-13-24(14-12-22)20(26)16(3)21-30(27,28)18-9-7-17(29-4)8-10-18/h7-10,16,21H,5-6,11-15H2,1-4H3/t16-/m0/s1. The molecule has 1 saturated heterocycles. The molecule has 2 rings (SSSR count). The molecule has 30 heavy (non-hydrogen) atoms. The van der Waals surface area contributed by atoms with E-state index in [-0.39, 0.29) is 16.7 Å². The first-order chi connectivity index (χ1) is 14.2. The van der Waals surface area contributed by atoms with E-state index in [1.165, 1.54) is 19.2 Å². The van der Waals surface area contributed by atoms with Gasteiger partial charge >= 0.3 is 0 Å². The van der Waals surface area contributed by atoms with Gasteiger partial charge in [-0.2, -0.15) is 4.72 Å². The Balaban J connectivity index is 1.89. The van der Waals surface area contributed by atoms with E-state index in [4.69, 9.17) is 4.74 Å². The molecule has 9 nitrogen and oxygen atoms in total. The average Bonchev–Trinajstić information content (AvgIpc) is 2.74. The predicted molar refractivity (Wildman–Crippen MR) is 114 cm³/mol. The number of piperazine rings is 1. The van der Waals surface area contributed by atoms with Crippen LogP contribution in [0.2, 0.25) is 0 Å². The third-order valence-electron chi connectivity index (χ3n) is 5.23. The van der Waals surface area contributed by atoms with Crippen molar-refractivity contribution in [1.82, 2.24) is 19.4 Å². The number of ether oxygens (including phenoxy) is 1. The Bertz CT molecular complexity index is 816. The number of benzene rings is 1. The first-order valence-electron chi connectivity index (χ1n) is 10.2. The van der Waals surface area contributed by atoms with Crippen molar-refractivity contribution in [3.63, 3.8) is 0 Å². The fourth-order valence-corrected chi connectivity index (χ4v) is 4.57. The number of carbonyl (C=O) groups excluding carboxylic acids is 2. The van der Waals surface area contributed by atoms with Crippen molar-refractivity contribution in [2.75, 3.05) is 52.9 Å². The molecule has 1 N–H and O–H groups in total. The largest absolute Gasteiger partial charge is 0.497 e. The zero-order chi connectivity index (χ0) is 22.3. The van der Waals surface area contributed by atoms with Gasteiger partial charge < -0.3 is 14.5 Å². The van der Waals surface area contributed by atoms with Gasteiger partial charge in [0.15, 0.2) is 0 Å². The van der Waals surface area contributed by atoms with E-state index < -0.39 is 16.1 Å². The molecule has 168 valence electrons. The molecular formula is C20H32N4O5S. The van der Waals surface area contributed by atoms with Crippen LogP contribution in [0.1, 0.15) is 20.8 Å². The highest BCUT2D eigenvalue weighted by Crippen LogP contribution is 2.16. The number of hydrogen-bond donors (Lipinski definition) is 1. The molecule has 1 aliphatic heterocycles. The van der Waals surface area contributed by atoms with E-state index in [0.29, 0.717) is 51.6 Å². The van der Waals surface area contributed by atoms with Crippen LogP contribution in [0.25, 0.3) is 0 Å². The molecule has 0 aliphatic carbocycles. The quantitative estimate of drug-likeness (QED) is 0.596. The summed E-state index contributed by atoms with van der Waals surface area (Å²) in [4.78, 5) is 30.5. The molecule has 0 aromatic heterocycles. The minimum absolute atomic E-state index is 0.0719. The maximum Gasteiger partial charge on any atom is 0.241 e. The van der Waals surface area contributed by atoms with Crippen LogP contribution >= 0.6 is 0 Å². The van der Waals surface area contributed by atoms with Crippen LogP contribution in [-0.2, 0) is 19.6 Å². The number of carbonyl (C=O) groups is 2. The molecule has 0 bridgehead atoms. The lowest BCUT2D eigenvalue weighted by Crippen LogP contribution is -2.55. The molecule has 0 unspecified atom stereocenters. The SMILES string of the molecule is CCN(CC)C(=O)CN1CCN(C(=O)[C@H](C)NS(=O)(=O)c2ccc(OC)cc2)CC1.